The number of carbonyl (C=O) groups excluding carboxylic acids is 2. The number of benzene rings is 2. The molecule has 0 aliphatic carbocycles. The largest absolute Gasteiger partial charge is 0.497 e. The summed E-state index contributed by atoms with van der Waals surface area (Å²) in [6, 6.07) is 15.7. The predicted octanol–water partition coefficient (Wildman–Crippen LogP) is 4.21. The van der Waals surface area contributed by atoms with Gasteiger partial charge in [-0.05, 0) is 73.5 Å². The molecule has 0 saturated carbocycles. The second kappa shape index (κ2) is 8.35. The van der Waals surface area contributed by atoms with Crippen LogP contribution in [0.1, 0.15) is 32.0 Å². The highest BCUT2D eigenvalue weighted by molar-refractivity contribution is 6.07. The molecule has 0 aliphatic heterocycles. The van der Waals surface area contributed by atoms with Crippen molar-refractivity contribution in [1.82, 2.24) is 4.98 Å². The molecular formula is C22H21N3O3. The minimum atomic E-state index is -0.397. The fourth-order valence-corrected chi connectivity index (χ4v) is 2.59. The molecule has 2 amide bonds. The van der Waals surface area contributed by atoms with Gasteiger partial charge in [-0.25, -0.2) is 0 Å². The highest BCUT2D eigenvalue weighted by Crippen LogP contribution is 2.17. The van der Waals surface area contributed by atoms with Crippen LogP contribution >= 0.6 is 0 Å². The van der Waals surface area contributed by atoms with Crippen LogP contribution in [0.15, 0.2) is 60.8 Å². The number of amides is 2. The summed E-state index contributed by atoms with van der Waals surface area (Å²) < 4.78 is 5.09. The van der Waals surface area contributed by atoms with Crippen LogP contribution in [-0.2, 0) is 0 Å². The minimum absolute atomic E-state index is 0.156. The molecule has 0 atom stereocenters. The van der Waals surface area contributed by atoms with Gasteiger partial charge in [-0.2, -0.15) is 0 Å². The summed E-state index contributed by atoms with van der Waals surface area (Å²) in [7, 11) is 1.58. The Morgan fingerprint density at radius 2 is 1.50 bits per heavy atom. The van der Waals surface area contributed by atoms with Crippen LogP contribution < -0.4 is 15.4 Å². The number of anilines is 2. The second-order valence-corrected chi connectivity index (χ2v) is 6.37. The van der Waals surface area contributed by atoms with Crippen molar-refractivity contribution in [3.63, 3.8) is 0 Å². The number of rotatable bonds is 5. The molecule has 0 unspecified atom stereocenters. The highest BCUT2D eigenvalue weighted by atomic mass is 16.5. The summed E-state index contributed by atoms with van der Waals surface area (Å²) >= 11 is 0. The first-order valence-electron chi connectivity index (χ1n) is 8.76. The van der Waals surface area contributed by atoms with Crippen molar-refractivity contribution in [1.29, 1.82) is 0 Å². The summed E-state index contributed by atoms with van der Waals surface area (Å²) in [5.41, 5.74) is 4.06. The summed E-state index contributed by atoms with van der Waals surface area (Å²) in [5, 5.41) is 5.59. The normalized spacial score (nSPS) is 10.2. The van der Waals surface area contributed by atoms with E-state index in [1.807, 2.05) is 32.0 Å². The predicted molar refractivity (Wildman–Crippen MR) is 109 cm³/mol. The third kappa shape index (κ3) is 4.54. The lowest BCUT2D eigenvalue weighted by atomic mass is 10.1. The van der Waals surface area contributed by atoms with Crippen LogP contribution in [0.2, 0.25) is 0 Å². The zero-order chi connectivity index (χ0) is 20.1. The molecule has 0 saturated heterocycles. The molecule has 0 aliphatic rings. The van der Waals surface area contributed by atoms with E-state index < -0.39 is 5.91 Å². The first-order chi connectivity index (χ1) is 13.5. The number of nitrogens with one attached hydrogen (secondary N) is 2. The monoisotopic (exact) mass is 375 g/mol. The van der Waals surface area contributed by atoms with E-state index in [1.54, 1.807) is 37.4 Å². The number of aryl methyl sites for hydroxylation is 2. The molecule has 1 aromatic heterocycles. The van der Waals surface area contributed by atoms with Crippen molar-refractivity contribution in [3.8, 4) is 5.75 Å². The maximum absolute atomic E-state index is 12.5. The molecule has 0 spiro atoms. The van der Waals surface area contributed by atoms with Crippen LogP contribution in [0.4, 0.5) is 11.4 Å². The molecule has 0 radical (unpaired) electrons. The first-order valence-corrected chi connectivity index (χ1v) is 8.76. The van der Waals surface area contributed by atoms with Gasteiger partial charge in [0.1, 0.15) is 11.4 Å². The van der Waals surface area contributed by atoms with Gasteiger partial charge in [-0.15, -0.1) is 0 Å². The van der Waals surface area contributed by atoms with Gasteiger partial charge in [-0.3, -0.25) is 14.6 Å². The van der Waals surface area contributed by atoms with Gasteiger partial charge in [-0.1, -0.05) is 6.07 Å². The Morgan fingerprint density at radius 3 is 2.18 bits per heavy atom. The number of carbonyl (C=O) groups is 2. The van der Waals surface area contributed by atoms with Gasteiger partial charge in [0.15, 0.2) is 0 Å². The van der Waals surface area contributed by atoms with E-state index in [0.717, 1.165) is 11.1 Å². The summed E-state index contributed by atoms with van der Waals surface area (Å²) in [4.78, 5) is 29.0. The van der Waals surface area contributed by atoms with Crippen molar-refractivity contribution >= 4 is 23.2 Å². The fraction of sp³-hybridized carbons (Fsp3) is 0.136. The summed E-state index contributed by atoms with van der Waals surface area (Å²) in [6.07, 6.45) is 1.44. The van der Waals surface area contributed by atoms with E-state index in [-0.39, 0.29) is 11.6 Å². The number of nitrogens with zero attached hydrogens (tertiary/aromatic N) is 1. The van der Waals surface area contributed by atoms with E-state index in [2.05, 4.69) is 15.6 Å². The molecule has 3 rings (SSSR count). The molecule has 142 valence electrons. The third-order valence-electron chi connectivity index (χ3n) is 4.37. The topological polar surface area (TPSA) is 80.3 Å². The maximum atomic E-state index is 12.5. The van der Waals surface area contributed by atoms with Crippen LogP contribution in [0, 0.1) is 13.8 Å². The van der Waals surface area contributed by atoms with E-state index >= 15 is 0 Å². The lowest BCUT2D eigenvalue weighted by molar-refractivity contribution is 0.102. The molecule has 1 heterocycles. The van der Waals surface area contributed by atoms with Crippen LogP contribution in [0.3, 0.4) is 0 Å². The van der Waals surface area contributed by atoms with Crippen molar-refractivity contribution in [2.75, 3.05) is 17.7 Å². The minimum Gasteiger partial charge on any atom is -0.497 e. The molecule has 2 aromatic carbocycles. The lowest BCUT2D eigenvalue weighted by Crippen LogP contribution is -2.17. The Labute approximate surface area is 163 Å². The third-order valence-corrected chi connectivity index (χ3v) is 4.37. The van der Waals surface area contributed by atoms with E-state index in [4.69, 9.17) is 4.74 Å². The van der Waals surface area contributed by atoms with Gasteiger partial charge in [0.25, 0.3) is 11.8 Å². The first kappa shape index (κ1) is 19.1. The van der Waals surface area contributed by atoms with Gasteiger partial charge < -0.3 is 15.4 Å². The number of pyridine rings is 1. The summed E-state index contributed by atoms with van der Waals surface area (Å²) in [6.45, 7) is 4.00. The quantitative estimate of drug-likeness (QED) is 0.700. The van der Waals surface area contributed by atoms with Gasteiger partial charge >= 0.3 is 0 Å². The average Bonchev–Trinajstić information content (AvgIpc) is 2.71. The zero-order valence-corrected chi connectivity index (χ0v) is 15.9. The maximum Gasteiger partial charge on any atom is 0.274 e. The van der Waals surface area contributed by atoms with Crippen molar-refractivity contribution in [2.45, 2.75) is 13.8 Å². The Morgan fingerprint density at radius 1 is 0.821 bits per heavy atom. The Balaban J connectivity index is 1.72. The number of hydrogen-bond acceptors (Lipinski definition) is 4. The molecule has 0 bridgehead atoms. The van der Waals surface area contributed by atoms with Gasteiger partial charge in [0.2, 0.25) is 0 Å². The second-order valence-electron chi connectivity index (χ2n) is 6.37. The highest BCUT2D eigenvalue weighted by Gasteiger charge is 2.13. The van der Waals surface area contributed by atoms with Crippen LogP contribution in [-0.4, -0.2) is 23.9 Å². The Kier molecular flexibility index (Phi) is 5.69. The van der Waals surface area contributed by atoms with E-state index in [0.29, 0.717) is 22.7 Å². The van der Waals surface area contributed by atoms with Crippen molar-refractivity contribution in [3.05, 3.63) is 83.2 Å². The number of aromatic nitrogens is 1. The Bertz CT molecular complexity index is 1010. The smallest absolute Gasteiger partial charge is 0.274 e. The number of ether oxygens (including phenoxy) is 1. The average molecular weight is 375 g/mol. The van der Waals surface area contributed by atoms with Crippen LogP contribution in [0.25, 0.3) is 0 Å². The standard InChI is InChI=1S/C22H21N3O3/c1-14-4-5-18(12-15(14)2)25-21(26)16-10-11-23-20(13-16)22(27)24-17-6-8-19(28-3)9-7-17/h4-13H,1-3H3,(H,24,27)(H,25,26). The molecule has 6 nitrogen and oxygen atoms in total. The molecule has 3 aromatic rings. The van der Waals surface area contributed by atoms with Crippen LogP contribution in [0.5, 0.6) is 5.75 Å². The molecular weight excluding hydrogens is 354 g/mol. The van der Waals surface area contributed by atoms with Crippen molar-refractivity contribution in [2.24, 2.45) is 0 Å². The van der Waals surface area contributed by atoms with Gasteiger partial charge in [0, 0.05) is 23.1 Å². The van der Waals surface area contributed by atoms with E-state index in [9.17, 15) is 9.59 Å². The summed E-state index contributed by atoms with van der Waals surface area (Å²) in [5.74, 6) is -0.00344. The van der Waals surface area contributed by atoms with E-state index in [1.165, 1.54) is 12.3 Å². The molecule has 28 heavy (non-hydrogen) atoms. The van der Waals surface area contributed by atoms with Crippen molar-refractivity contribution < 1.29 is 14.3 Å². The molecule has 0 fully saturated rings. The molecule has 2 N–H and O–H groups in total. The SMILES string of the molecule is COc1ccc(NC(=O)c2cc(C(=O)Nc3ccc(C)c(C)c3)ccn2)cc1. The lowest BCUT2D eigenvalue weighted by Gasteiger charge is -2.09. The van der Waals surface area contributed by atoms with Gasteiger partial charge in [0.05, 0.1) is 7.11 Å². The fourth-order valence-electron chi connectivity index (χ4n) is 2.59. The number of methoxy groups -OCH3 is 1. The Hall–Kier alpha value is -3.67. The molecule has 6 heteroatoms. The number of hydrogen-bond donors (Lipinski definition) is 2. The zero-order valence-electron chi connectivity index (χ0n) is 15.9.